The standard InChI is InChI=1S/C20H16ClN3O/c1-24(12-14-4-2-3-5-17(14)21)20(25)13-6-7-15-16-8-9-22-11-19(16)23-18(15)10-13/h2-11,23H,12H2,1H3. The van der Waals surface area contributed by atoms with Crippen molar-refractivity contribution in [3.05, 3.63) is 77.1 Å². The van der Waals surface area contributed by atoms with Crippen LogP contribution in [0.3, 0.4) is 0 Å². The highest BCUT2D eigenvalue weighted by Crippen LogP contribution is 2.26. The zero-order chi connectivity index (χ0) is 17.4. The van der Waals surface area contributed by atoms with Gasteiger partial charge in [-0.2, -0.15) is 0 Å². The monoisotopic (exact) mass is 349 g/mol. The number of nitrogens with zero attached hydrogens (tertiary/aromatic N) is 2. The number of carbonyl (C=O) groups excluding carboxylic acids is 1. The van der Waals surface area contributed by atoms with E-state index in [1.54, 1.807) is 24.3 Å². The summed E-state index contributed by atoms with van der Waals surface area (Å²) in [6.07, 6.45) is 3.56. The number of fused-ring (bicyclic) bond motifs is 3. The summed E-state index contributed by atoms with van der Waals surface area (Å²) in [5.41, 5.74) is 3.46. The van der Waals surface area contributed by atoms with Crippen LogP contribution in [-0.4, -0.2) is 27.8 Å². The maximum Gasteiger partial charge on any atom is 0.253 e. The Hall–Kier alpha value is -2.85. The Morgan fingerprint density at radius 2 is 1.92 bits per heavy atom. The number of halogens is 1. The second-order valence-electron chi connectivity index (χ2n) is 6.06. The quantitative estimate of drug-likeness (QED) is 0.585. The van der Waals surface area contributed by atoms with Crippen LogP contribution in [0.5, 0.6) is 0 Å². The number of H-pyrrole nitrogens is 1. The molecule has 0 fully saturated rings. The molecule has 0 saturated carbocycles. The molecule has 25 heavy (non-hydrogen) atoms. The summed E-state index contributed by atoms with van der Waals surface area (Å²) in [7, 11) is 1.78. The molecule has 2 aromatic heterocycles. The van der Waals surface area contributed by atoms with Gasteiger partial charge < -0.3 is 9.88 Å². The molecule has 1 N–H and O–H groups in total. The average molecular weight is 350 g/mol. The predicted molar refractivity (Wildman–Crippen MR) is 101 cm³/mol. The number of nitrogens with one attached hydrogen (secondary N) is 1. The van der Waals surface area contributed by atoms with E-state index in [1.807, 2.05) is 48.5 Å². The Kier molecular flexibility index (Phi) is 3.90. The summed E-state index contributed by atoms with van der Waals surface area (Å²) in [6, 6.07) is 15.3. The Balaban J connectivity index is 1.65. The number of rotatable bonds is 3. The topological polar surface area (TPSA) is 49.0 Å². The van der Waals surface area contributed by atoms with Crippen molar-refractivity contribution < 1.29 is 4.79 Å². The zero-order valence-corrected chi connectivity index (χ0v) is 14.4. The number of amides is 1. The minimum Gasteiger partial charge on any atom is -0.353 e. The van der Waals surface area contributed by atoms with E-state index in [0.29, 0.717) is 17.1 Å². The van der Waals surface area contributed by atoms with Gasteiger partial charge in [-0.05, 0) is 29.8 Å². The van der Waals surface area contributed by atoms with Crippen LogP contribution in [0.2, 0.25) is 5.02 Å². The molecular formula is C20H16ClN3O. The summed E-state index contributed by atoms with van der Waals surface area (Å²) < 4.78 is 0. The van der Waals surface area contributed by atoms with Gasteiger partial charge in [0.05, 0.1) is 11.7 Å². The van der Waals surface area contributed by atoms with Crippen LogP contribution in [0.4, 0.5) is 0 Å². The molecule has 4 rings (SSSR count). The maximum absolute atomic E-state index is 12.8. The molecule has 2 aromatic carbocycles. The van der Waals surface area contributed by atoms with E-state index in [-0.39, 0.29) is 5.91 Å². The van der Waals surface area contributed by atoms with E-state index in [9.17, 15) is 4.79 Å². The van der Waals surface area contributed by atoms with Crippen LogP contribution in [0.15, 0.2) is 60.9 Å². The Morgan fingerprint density at radius 1 is 1.12 bits per heavy atom. The fourth-order valence-electron chi connectivity index (χ4n) is 3.06. The lowest BCUT2D eigenvalue weighted by Gasteiger charge is -2.18. The van der Waals surface area contributed by atoms with Crippen molar-refractivity contribution >= 4 is 39.3 Å². The highest BCUT2D eigenvalue weighted by Gasteiger charge is 2.15. The normalized spacial score (nSPS) is 11.1. The van der Waals surface area contributed by atoms with E-state index in [4.69, 9.17) is 11.6 Å². The average Bonchev–Trinajstić information content (AvgIpc) is 3.00. The smallest absolute Gasteiger partial charge is 0.253 e. The van der Waals surface area contributed by atoms with Crippen molar-refractivity contribution in [2.75, 3.05) is 7.05 Å². The first-order valence-corrected chi connectivity index (χ1v) is 8.35. The van der Waals surface area contributed by atoms with Crippen LogP contribution in [0, 0.1) is 0 Å². The fourth-order valence-corrected chi connectivity index (χ4v) is 3.26. The van der Waals surface area contributed by atoms with Crippen LogP contribution >= 0.6 is 11.6 Å². The van der Waals surface area contributed by atoms with Crippen molar-refractivity contribution in [1.29, 1.82) is 0 Å². The van der Waals surface area contributed by atoms with E-state index in [2.05, 4.69) is 9.97 Å². The van der Waals surface area contributed by atoms with E-state index >= 15 is 0 Å². The Morgan fingerprint density at radius 3 is 2.76 bits per heavy atom. The number of pyridine rings is 1. The molecule has 0 aliphatic carbocycles. The van der Waals surface area contributed by atoms with Gasteiger partial charge in [-0.15, -0.1) is 0 Å². The SMILES string of the molecule is CN(Cc1ccccc1Cl)C(=O)c1ccc2c(c1)[nH]c1cnccc12. The second-order valence-corrected chi connectivity index (χ2v) is 6.47. The summed E-state index contributed by atoms with van der Waals surface area (Å²) in [5.74, 6) is -0.0430. The van der Waals surface area contributed by atoms with Crippen molar-refractivity contribution in [1.82, 2.24) is 14.9 Å². The first-order valence-electron chi connectivity index (χ1n) is 7.98. The van der Waals surface area contributed by atoms with Gasteiger partial charge in [0.25, 0.3) is 5.91 Å². The molecule has 4 nitrogen and oxygen atoms in total. The summed E-state index contributed by atoms with van der Waals surface area (Å²) in [6.45, 7) is 0.465. The van der Waals surface area contributed by atoms with Gasteiger partial charge in [0.1, 0.15) is 0 Å². The van der Waals surface area contributed by atoms with E-state index in [1.165, 1.54) is 0 Å². The summed E-state index contributed by atoms with van der Waals surface area (Å²) >= 11 is 6.19. The van der Waals surface area contributed by atoms with Gasteiger partial charge in [-0.1, -0.05) is 35.9 Å². The third kappa shape index (κ3) is 2.85. The fraction of sp³-hybridized carbons (Fsp3) is 0.100. The van der Waals surface area contributed by atoms with Gasteiger partial charge in [0.2, 0.25) is 0 Å². The lowest BCUT2D eigenvalue weighted by atomic mass is 10.1. The van der Waals surface area contributed by atoms with Crippen molar-refractivity contribution in [2.24, 2.45) is 0 Å². The molecule has 0 aliphatic rings. The minimum atomic E-state index is -0.0430. The molecule has 0 bridgehead atoms. The summed E-state index contributed by atoms with van der Waals surface area (Å²) in [4.78, 5) is 21.9. The van der Waals surface area contributed by atoms with Crippen LogP contribution in [0.25, 0.3) is 21.8 Å². The van der Waals surface area contributed by atoms with Gasteiger partial charge >= 0.3 is 0 Å². The third-order valence-electron chi connectivity index (χ3n) is 4.36. The van der Waals surface area contributed by atoms with E-state index in [0.717, 1.165) is 27.4 Å². The summed E-state index contributed by atoms with van der Waals surface area (Å²) in [5, 5.41) is 2.86. The Bertz CT molecular complexity index is 1090. The van der Waals surface area contributed by atoms with Gasteiger partial charge in [-0.3, -0.25) is 9.78 Å². The third-order valence-corrected chi connectivity index (χ3v) is 4.73. The molecule has 0 spiro atoms. The van der Waals surface area contributed by atoms with Crippen molar-refractivity contribution in [3.63, 3.8) is 0 Å². The minimum absolute atomic E-state index is 0.0430. The first kappa shape index (κ1) is 15.7. The van der Waals surface area contributed by atoms with Crippen LogP contribution in [0.1, 0.15) is 15.9 Å². The van der Waals surface area contributed by atoms with Crippen LogP contribution < -0.4 is 0 Å². The molecule has 0 radical (unpaired) electrons. The molecule has 5 heteroatoms. The lowest BCUT2D eigenvalue weighted by molar-refractivity contribution is 0.0785. The highest BCUT2D eigenvalue weighted by molar-refractivity contribution is 6.31. The second kappa shape index (κ2) is 6.22. The van der Waals surface area contributed by atoms with Gasteiger partial charge in [0.15, 0.2) is 0 Å². The lowest BCUT2D eigenvalue weighted by Crippen LogP contribution is -2.26. The largest absolute Gasteiger partial charge is 0.353 e. The predicted octanol–water partition coefficient (Wildman–Crippen LogP) is 4.64. The zero-order valence-electron chi connectivity index (χ0n) is 13.7. The number of hydrogen-bond acceptors (Lipinski definition) is 2. The van der Waals surface area contributed by atoms with Crippen molar-refractivity contribution in [3.8, 4) is 0 Å². The van der Waals surface area contributed by atoms with Crippen LogP contribution in [-0.2, 0) is 6.54 Å². The molecule has 1 amide bonds. The number of carbonyl (C=O) groups is 1. The number of hydrogen-bond donors (Lipinski definition) is 1. The molecule has 0 saturated heterocycles. The maximum atomic E-state index is 12.8. The molecule has 0 unspecified atom stereocenters. The molecule has 4 aromatic rings. The number of benzene rings is 2. The highest BCUT2D eigenvalue weighted by atomic mass is 35.5. The molecule has 124 valence electrons. The first-order chi connectivity index (χ1) is 12.1. The van der Waals surface area contributed by atoms with Crippen molar-refractivity contribution in [2.45, 2.75) is 6.54 Å². The molecule has 0 aliphatic heterocycles. The molecule has 2 heterocycles. The van der Waals surface area contributed by atoms with Gasteiger partial charge in [0, 0.05) is 46.7 Å². The molecular weight excluding hydrogens is 334 g/mol. The molecule has 0 atom stereocenters. The number of aromatic amines is 1. The number of aromatic nitrogens is 2. The van der Waals surface area contributed by atoms with E-state index < -0.39 is 0 Å². The Labute approximate surface area is 150 Å². The van der Waals surface area contributed by atoms with Gasteiger partial charge in [-0.25, -0.2) is 0 Å².